The Kier molecular flexibility index (Phi) is 5.75. The van der Waals surface area contributed by atoms with Crippen LogP contribution < -0.4 is 15.4 Å². The summed E-state index contributed by atoms with van der Waals surface area (Å²) >= 11 is 0. The van der Waals surface area contributed by atoms with Crippen LogP contribution in [0.25, 0.3) is 0 Å². The normalized spacial score (nSPS) is 15.1. The fourth-order valence-electron chi connectivity index (χ4n) is 3.07. The van der Waals surface area contributed by atoms with E-state index in [0.717, 1.165) is 24.3 Å². The third kappa shape index (κ3) is 4.54. The maximum absolute atomic E-state index is 12.4. The molecule has 134 valence electrons. The average molecular weight is 349 g/mol. The minimum absolute atomic E-state index is 0.195. The molecule has 0 radical (unpaired) electrons. The van der Waals surface area contributed by atoms with Gasteiger partial charge in [0.1, 0.15) is 17.9 Å². The highest BCUT2D eigenvalue weighted by Crippen LogP contribution is 2.25. The first-order valence-corrected chi connectivity index (χ1v) is 8.99. The van der Waals surface area contributed by atoms with Crippen molar-refractivity contribution in [3.05, 3.63) is 54.1 Å². The van der Waals surface area contributed by atoms with Gasteiger partial charge in [-0.15, -0.1) is 0 Å². The summed E-state index contributed by atoms with van der Waals surface area (Å²) in [4.78, 5) is 12.4. The Morgan fingerprint density at radius 1 is 1.15 bits per heavy atom. The van der Waals surface area contributed by atoms with Crippen molar-refractivity contribution >= 4 is 17.3 Å². The van der Waals surface area contributed by atoms with E-state index in [0.29, 0.717) is 17.4 Å². The van der Waals surface area contributed by atoms with Crippen LogP contribution in [0.2, 0.25) is 0 Å². The predicted octanol–water partition coefficient (Wildman–Crippen LogP) is 4.32. The van der Waals surface area contributed by atoms with Crippen LogP contribution in [0.1, 0.15) is 38.2 Å². The van der Waals surface area contributed by atoms with Gasteiger partial charge in [-0.1, -0.05) is 12.1 Å². The van der Waals surface area contributed by atoms with E-state index in [1.165, 1.54) is 12.8 Å². The number of hydrogen-bond donors (Lipinski definition) is 2. The molecule has 2 aromatic rings. The topological polar surface area (TPSA) is 74.2 Å². The van der Waals surface area contributed by atoms with Crippen molar-refractivity contribution in [2.24, 2.45) is 0 Å². The van der Waals surface area contributed by atoms with E-state index >= 15 is 0 Å². The van der Waals surface area contributed by atoms with Gasteiger partial charge in [-0.25, -0.2) is 0 Å². The zero-order chi connectivity index (χ0) is 18.4. The summed E-state index contributed by atoms with van der Waals surface area (Å²) in [5.41, 5.74) is 1.82. The second-order valence-corrected chi connectivity index (χ2v) is 6.56. The van der Waals surface area contributed by atoms with Gasteiger partial charge < -0.3 is 15.4 Å². The summed E-state index contributed by atoms with van der Waals surface area (Å²) in [5, 5.41) is 15.1. The summed E-state index contributed by atoms with van der Waals surface area (Å²) in [6.45, 7) is 1.78. The summed E-state index contributed by atoms with van der Waals surface area (Å²) < 4.78 is 5.95. The molecule has 0 bridgehead atoms. The lowest BCUT2D eigenvalue weighted by Gasteiger charge is -2.17. The third-order valence-electron chi connectivity index (χ3n) is 4.54. The van der Waals surface area contributed by atoms with Gasteiger partial charge in [0.05, 0.1) is 17.4 Å². The van der Waals surface area contributed by atoms with Crippen LogP contribution in [0.5, 0.6) is 5.75 Å². The Morgan fingerprint density at radius 3 is 2.54 bits per heavy atom. The lowest BCUT2D eigenvalue weighted by molar-refractivity contribution is -0.116. The molecule has 2 N–H and O–H groups in total. The van der Waals surface area contributed by atoms with Gasteiger partial charge in [-0.2, -0.15) is 5.26 Å². The van der Waals surface area contributed by atoms with Crippen LogP contribution >= 0.6 is 0 Å². The molecule has 0 spiro atoms. The second kappa shape index (κ2) is 8.39. The highest BCUT2D eigenvalue weighted by atomic mass is 16.5. The molecule has 0 aromatic heterocycles. The smallest absolute Gasteiger partial charge is 0.246 e. The van der Waals surface area contributed by atoms with E-state index in [1.807, 2.05) is 24.3 Å². The van der Waals surface area contributed by atoms with Crippen molar-refractivity contribution in [1.82, 2.24) is 0 Å². The summed E-state index contributed by atoms with van der Waals surface area (Å²) in [7, 11) is 0. The minimum Gasteiger partial charge on any atom is -0.490 e. The maximum Gasteiger partial charge on any atom is 0.246 e. The van der Waals surface area contributed by atoms with Gasteiger partial charge in [-0.3, -0.25) is 4.79 Å². The summed E-state index contributed by atoms with van der Waals surface area (Å²) in [6, 6.07) is 16.3. The van der Waals surface area contributed by atoms with Crippen molar-refractivity contribution in [1.29, 1.82) is 5.26 Å². The number of carbonyl (C=O) groups excluding carboxylic acids is 1. The van der Waals surface area contributed by atoms with Gasteiger partial charge in [0.2, 0.25) is 5.91 Å². The van der Waals surface area contributed by atoms with Crippen LogP contribution in [0.4, 0.5) is 11.4 Å². The Balaban J connectivity index is 1.56. The van der Waals surface area contributed by atoms with E-state index in [2.05, 4.69) is 16.7 Å². The molecule has 5 nitrogen and oxygen atoms in total. The van der Waals surface area contributed by atoms with Gasteiger partial charge in [0.15, 0.2) is 0 Å². The number of rotatable bonds is 6. The first-order valence-electron chi connectivity index (χ1n) is 8.99. The molecule has 1 aliphatic carbocycles. The highest BCUT2D eigenvalue weighted by molar-refractivity contribution is 5.97. The largest absolute Gasteiger partial charge is 0.490 e. The van der Waals surface area contributed by atoms with Crippen molar-refractivity contribution in [2.75, 3.05) is 10.6 Å². The van der Waals surface area contributed by atoms with Crippen LogP contribution in [-0.2, 0) is 4.79 Å². The van der Waals surface area contributed by atoms with Gasteiger partial charge >= 0.3 is 0 Å². The molecule has 1 atom stereocenters. The molecule has 1 aliphatic rings. The average Bonchev–Trinajstić information content (AvgIpc) is 3.16. The number of amides is 1. The molecular weight excluding hydrogens is 326 g/mol. The van der Waals surface area contributed by atoms with E-state index in [-0.39, 0.29) is 5.91 Å². The second-order valence-electron chi connectivity index (χ2n) is 6.56. The van der Waals surface area contributed by atoms with Crippen molar-refractivity contribution in [3.63, 3.8) is 0 Å². The van der Waals surface area contributed by atoms with E-state index in [9.17, 15) is 4.79 Å². The molecule has 2 aromatic carbocycles. The standard InChI is InChI=1S/C21H23N3O2/c1-15(21(25)24-20-9-5-2-6-16(20)14-22)23-17-10-12-19(13-11-17)26-18-7-3-4-8-18/h2,5-6,9-13,15,18,23H,3-4,7-8H2,1H3,(H,24,25). The molecule has 0 heterocycles. The number of nitrogens with one attached hydrogen (secondary N) is 2. The quantitative estimate of drug-likeness (QED) is 0.814. The Hall–Kier alpha value is -3.00. The van der Waals surface area contributed by atoms with Crippen LogP contribution in [0.15, 0.2) is 48.5 Å². The van der Waals surface area contributed by atoms with Crippen molar-refractivity contribution in [2.45, 2.75) is 44.8 Å². The van der Waals surface area contributed by atoms with Crippen LogP contribution in [0, 0.1) is 11.3 Å². The predicted molar refractivity (Wildman–Crippen MR) is 102 cm³/mol. The first kappa shape index (κ1) is 17.8. The van der Waals surface area contributed by atoms with Gasteiger partial charge in [0, 0.05) is 5.69 Å². The number of hydrogen-bond acceptors (Lipinski definition) is 4. The molecule has 3 rings (SSSR count). The fourth-order valence-corrected chi connectivity index (χ4v) is 3.07. The highest BCUT2D eigenvalue weighted by Gasteiger charge is 2.17. The number of ether oxygens (including phenoxy) is 1. The van der Waals surface area contributed by atoms with E-state index < -0.39 is 6.04 Å². The molecule has 0 aliphatic heterocycles. The molecule has 1 unspecified atom stereocenters. The third-order valence-corrected chi connectivity index (χ3v) is 4.54. The lowest BCUT2D eigenvalue weighted by atomic mass is 10.2. The lowest BCUT2D eigenvalue weighted by Crippen LogP contribution is -2.32. The molecule has 1 fully saturated rings. The van der Waals surface area contributed by atoms with Crippen LogP contribution in [0.3, 0.4) is 0 Å². The monoisotopic (exact) mass is 349 g/mol. The Labute approximate surface area is 154 Å². The summed E-state index contributed by atoms with van der Waals surface area (Å²) in [5.74, 6) is 0.668. The van der Waals surface area contributed by atoms with Gasteiger partial charge in [-0.05, 0) is 69.0 Å². The zero-order valence-corrected chi connectivity index (χ0v) is 14.9. The number of nitrogens with zero attached hydrogens (tertiary/aromatic N) is 1. The maximum atomic E-state index is 12.4. The fraction of sp³-hybridized carbons (Fsp3) is 0.333. The van der Waals surface area contributed by atoms with Crippen molar-refractivity contribution in [3.8, 4) is 11.8 Å². The summed E-state index contributed by atoms with van der Waals surface area (Å²) in [6.07, 6.45) is 5.07. The van der Waals surface area contributed by atoms with Crippen LogP contribution in [-0.4, -0.2) is 18.1 Å². The van der Waals surface area contributed by atoms with E-state index in [1.54, 1.807) is 31.2 Å². The Morgan fingerprint density at radius 2 is 1.85 bits per heavy atom. The molecule has 26 heavy (non-hydrogen) atoms. The first-order chi connectivity index (χ1) is 12.7. The Bertz CT molecular complexity index is 790. The molecule has 1 amide bonds. The van der Waals surface area contributed by atoms with E-state index in [4.69, 9.17) is 10.00 Å². The SMILES string of the molecule is CC(Nc1ccc(OC2CCCC2)cc1)C(=O)Nc1ccccc1C#N. The van der Waals surface area contributed by atoms with Crippen molar-refractivity contribution < 1.29 is 9.53 Å². The zero-order valence-electron chi connectivity index (χ0n) is 14.9. The molecular formula is C21H23N3O2. The van der Waals surface area contributed by atoms with Gasteiger partial charge in [0.25, 0.3) is 0 Å². The number of benzene rings is 2. The molecule has 1 saturated carbocycles. The minimum atomic E-state index is -0.441. The molecule has 0 saturated heterocycles. The number of anilines is 2. The number of nitriles is 1. The number of carbonyl (C=O) groups is 1. The molecule has 5 heteroatoms. The number of para-hydroxylation sites is 1.